The highest BCUT2D eigenvalue weighted by molar-refractivity contribution is 9.10. The molecule has 0 atom stereocenters. The van der Waals surface area contributed by atoms with Gasteiger partial charge in [-0.3, -0.25) is 4.90 Å². The van der Waals surface area contributed by atoms with E-state index in [4.69, 9.17) is 0 Å². The van der Waals surface area contributed by atoms with Crippen LogP contribution in [-0.4, -0.2) is 43.8 Å². The summed E-state index contributed by atoms with van der Waals surface area (Å²) < 4.78 is 41.3. The Morgan fingerprint density at radius 1 is 1.00 bits per heavy atom. The van der Waals surface area contributed by atoms with Crippen molar-refractivity contribution in [1.82, 2.24) is 9.21 Å². The van der Waals surface area contributed by atoms with Gasteiger partial charge < -0.3 is 0 Å². The van der Waals surface area contributed by atoms with Crippen molar-refractivity contribution < 1.29 is 12.8 Å². The minimum atomic E-state index is -3.49. The second-order valence-electron chi connectivity index (χ2n) is 5.73. The van der Waals surface area contributed by atoms with E-state index in [1.807, 2.05) is 6.07 Å². The van der Waals surface area contributed by atoms with Gasteiger partial charge in [-0.15, -0.1) is 0 Å². The number of piperazine rings is 1. The molecular weight excluding hydrogens is 395 g/mol. The summed E-state index contributed by atoms with van der Waals surface area (Å²) in [5, 5.41) is 0. The Kier molecular flexibility index (Phi) is 5.34. The molecule has 1 fully saturated rings. The van der Waals surface area contributed by atoms with E-state index < -0.39 is 10.0 Å². The highest BCUT2D eigenvalue weighted by atomic mass is 79.9. The van der Waals surface area contributed by atoms with Crippen LogP contribution in [-0.2, 0) is 16.6 Å². The Labute approximate surface area is 150 Å². The molecule has 3 rings (SSSR count). The van der Waals surface area contributed by atoms with E-state index in [1.165, 1.54) is 10.4 Å². The zero-order valence-corrected chi connectivity index (χ0v) is 15.4. The van der Waals surface area contributed by atoms with Crippen molar-refractivity contribution in [1.29, 1.82) is 0 Å². The van der Waals surface area contributed by atoms with Gasteiger partial charge in [-0.2, -0.15) is 4.31 Å². The Balaban J connectivity index is 1.65. The molecule has 0 aromatic heterocycles. The van der Waals surface area contributed by atoms with Gasteiger partial charge in [0, 0.05) is 42.8 Å². The van der Waals surface area contributed by atoms with E-state index in [0.717, 1.165) is 4.47 Å². The van der Waals surface area contributed by atoms with Gasteiger partial charge in [-0.1, -0.05) is 40.2 Å². The van der Waals surface area contributed by atoms with Crippen molar-refractivity contribution in [2.45, 2.75) is 11.4 Å². The van der Waals surface area contributed by atoms with Crippen LogP contribution < -0.4 is 0 Å². The average molecular weight is 413 g/mol. The van der Waals surface area contributed by atoms with E-state index in [1.54, 1.807) is 36.4 Å². The molecule has 2 aromatic rings. The molecule has 2 aromatic carbocycles. The van der Waals surface area contributed by atoms with Gasteiger partial charge in [0.2, 0.25) is 10.0 Å². The molecule has 1 aliphatic heterocycles. The summed E-state index contributed by atoms with van der Waals surface area (Å²) in [5.74, 6) is -0.221. The molecule has 1 aliphatic rings. The third-order valence-corrected chi connectivity index (χ3v) is 6.50. The van der Waals surface area contributed by atoms with Crippen LogP contribution in [0, 0.1) is 5.82 Å². The molecule has 128 valence electrons. The molecule has 0 bridgehead atoms. The minimum Gasteiger partial charge on any atom is -0.296 e. The second kappa shape index (κ2) is 7.31. The molecule has 0 amide bonds. The van der Waals surface area contributed by atoms with Gasteiger partial charge in [-0.25, -0.2) is 12.8 Å². The van der Waals surface area contributed by atoms with Crippen LogP contribution in [0.3, 0.4) is 0 Å². The largest absolute Gasteiger partial charge is 0.296 e. The third kappa shape index (κ3) is 3.85. The fraction of sp³-hybridized carbons (Fsp3) is 0.294. The SMILES string of the molecule is O=S(=O)(c1cccc(Br)c1)N1CCN(Cc2ccccc2F)CC1. The van der Waals surface area contributed by atoms with Crippen LogP contribution in [0.4, 0.5) is 4.39 Å². The average Bonchev–Trinajstić information content (AvgIpc) is 2.57. The zero-order chi connectivity index (χ0) is 17.2. The lowest BCUT2D eigenvalue weighted by atomic mass is 10.2. The molecule has 1 saturated heterocycles. The molecule has 24 heavy (non-hydrogen) atoms. The fourth-order valence-corrected chi connectivity index (χ4v) is 4.79. The van der Waals surface area contributed by atoms with Crippen LogP contribution >= 0.6 is 15.9 Å². The second-order valence-corrected chi connectivity index (χ2v) is 8.58. The summed E-state index contributed by atoms with van der Waals surface area (Å²) in [6.45, 7) is 2.48. The molecule has 0 aliphatic carbocycles. The maximum absolute atomic E-state index is 13.7. The molecular formula is C17H18BrFN2O2S. The molecule has 0 N–H and O–H groups in total. The van der Waals surface area contributed by atoms with Crippen molar-refractivity contribution in [3.8, 4) is 0 Å². The van der Waals surface area contributed by atoms with Crippen molar-refractivity contribution in [3.63, 3.8) is 0 Å². The van der Waals surface area contributed by atoms with Gasteiger partial charge in [0.05, 0.1) is 4.90 Å². The van der Waals surface area contributed by atoms with Crippen LogP contribution in [0.25, 0.3) is 0 Å². The highest BCUT2D eigenvalue weighted by Crippen LogP contribution is 2.21. The molecule has 0 saturated carbocycles. The smallest absolute Gasteiger partial charge is 0.243 e. The monoisotopic (exact) mass is 412 g/mol. The van der Waals surface area contributed by atoms with Gasteiger partial charge in [-0.05, 0) is 24.3 Å². The summed E-state index contributed by atoms with van der Waals surface area (Å²) in [5.41, 5.74) is 0.640. The first kappa shape index (κ1) is 17.5. The van der Waals surface area contributed by atoms with E-state index in [0.29, 0.717) is 43.2 Å². The maximum Gasteiger partial charge on any atom is 0.243 e. The quantitative estimate of drug-likeness (QED) is 0.774. The molecule has 0 spiro atoms. The summed E-state index contributed by atoms with van der Waals surface area (Å²) >= 11 is 3.31. The Morgan fingerprint density at radius 3 is 2.38 bits per heavy atom. The standard InChI is InChI=1S/C17H18BrFN2O2S/c18-15-5-3-6-16(12-15)24(22,23)21-10-8-20(9-11-21)13-14-4-1-2-7-17(14)19/h1-7,12H,8-11,13H2. The van der Waals surface area contributed by atoms with Crippen molar-refractivity contribution in [3.05, 3.63) is 64.4 Å². The summed E-state index contributed by atoms with van der Waals surface area (Å²) in [4.78, 5) is 2.37. The predicted octanol–water partition coefficient (Wildman–Crippen LogP) is 3.09. The van der Waals surface area contributed by atoms with Crippen LogP contribution in [0.5, 0.6) is 0 Å². The van der Waals surface area contributed by atoms with E-state index >= 15 is 0 Å². The number of halogens is 2. The number of rotatable bonds is 4. The highest BCUT2D eigenvalue weighted by Gasteiger charge is 2.28. The molecule has 0 radical (unpaired) electrons. The van der Waals surface area contributed by atoms with E-state index in [-0.39, 0.29) is 5.82 Å². The lowest BCUT2D eigenvalue weighted by Gasteiger charge is -2.34. The van der Waals surface area contributed by atoms with Gasteiger partial charge in [0.25, 0.3) is 0 Å². The van der Waals surface area contributed by atoms with E-state index in [9.17, 15) is 12.8 Å². The summed E-state index contributed by atoms with van der Waals surface area (Å²) in [6, 6.07) is 13.4. The normalized spacial score (nSPS) is 17.1. The number of hydrogen-bond donors (Lipinski definition) is 0. The Bertz CT molecular complexity index is 821. The third-order valence-electron chi connectivity index (χ3n) is 4.12. The van der Waals surface area contributed by atoms with Gasteiger partial charge in [0.15, 0.2) is 0 Å². The minimum absolute atomic E-state index is 0.221. The van der Waals surface area contributed by atoms with Crippen LogP contribution in [0.1, 0.15) is 5.56 Å². The first-order valence-corrected chi connectivity index (χ1v) is 9.91. The van der Waals surface area contributed by atoms with Gasteiger partial charge >= 0.3 is 0 Å². The van der Waals surface area contributed by atoms with Crippen LogP contribution in [0.2, 0.25) is 0 Å². The van der Waals surface area contributed by atoms with Crippen molar-refractivity contribution in [2.75, 3.05) is 26.2 Å². The molecule has 1 heterocycles. The van der Waals surface area contributed by atoms with Crippen molar-refractivity contribution in [2.24, 2.45) is 0 Å². The number of hydrogen-bond acceptors (Lipinski definition) is 3. The van der Waals surface area contributed by atoms with Crippen molar-refractivity contribution >= 4 is 26.0 Å². The Morgan fingerprint density at radius 2 is 1.71 bits per heavy atom. The summed E-state index contributed by atoms with van der Waals surface area (Å²) in [7, 11) is -3.49. The Hall–Kier alpha value is -1.28. The fourth-order valence-electron chi connectivity index (χ4n) is 2.77. The lowest BCUT2D eigenvalue weighted by molar-refractivity contribution is 0.180. The van der Waals surface area contributed by atoms with E-state index in [2.05, 4.69) is 20.8 Å². The predicted molar refractivity (Wildman–Crippen MR) is 94.6 cm³/mol. The van der Waals surface area contributed by atoms with Gasteiger partial charge in [0.1, 0.15) is 5.82 Å². The number of benzene rings is 2. The first-order valence-electron chi connectivity index (χ1n) is 7.68. The lowest BCUT2D eigenvalue weighted by Crippen LogP contribution is -2.48. The summed E-state index contributed by atoms with van der Waals surface area (Å²) in [6.07, 6.45) is 0. The van der Waals surface area contributed by atoms with Crippen LogP contribution in [0.15, 0.2) is 57.9 Å². The topological polar surface area (TPSA) is 40.6 Å². The molecule has 4 nitrogen and oxygen atoms in total. The maximum atomic E-state index is 13.7. The first-order chi connectivity index (χ1) is 11.5. The molecule has 7 heteroatoms. The molecule has 0 unspecified atom stereocenters. The zero-order valence-electron chi connectivity index (χ0n) is 13.0. The number of sulfonamides is 1. The number of nitrogens with zero attached hydrogens (tertiary/aromatic N) is 2.